The van der Waals surface area contributed by atoms with Crippen LogP contribution in [0.15, 0.2) is 0 Å². The van der Waals surface area contributed by atoms with E-state index < -0.39 is 0 Å². The van der Waals surface area contributed by atoms with Crippen molar-refractivity contribution < 1.29 is 5.11 Å². The third kappa shape index (κ3) is 1.43. The number of pyridine rings is 1. The molecule has 0 saturated heterocycles. The number of nitrogens with two attached hydrogens (primary N) is 1. The van der Waals surface area contributed by atoms with Gasteiger partial charge in [-0.1, -0.05) is 0 Å². The number of aromatic nitrogens is 3. The summed E-state index contributed by atoms with van der Waals surface area (Å²) in [6, 6.07) is 0.327. The lowest BCUT2D eigenvalue weighted by atomic mass is 9.96. The number of nitrogens with zero attached hydrogens (tertiary/aromatic N) is 3. The highest BCUT2D eigenvalue weighted by molar-refractivity contribution is 5.89. The van der Waals surface area contributed by atoms with E-state index in [0.29, 0.717) is 11.9 Å². The molecule has 0 radical (unpaired) electrons. The fourth-order valence-electron chi connectivity index (χ4n) is 3.09. The molecule has 5 nitrogen and oxygen atoms in total. The molecule has 0 fully saturated rings. The molecule has 0 spiro atoms. The van der Waals surface area contributed by atoms with E-state index in [-0.39, 0.29) is 6.61 Å². The normalized spacial score (nSPS) is 18.5. The molecule has 1 unspecified atom stereocenters. The van der Waals surface area contributed by atoms with Crippen molar-refractivity contribution in [3.63, 3.8) is 0 Å². The largest absolute Gasteiger partial charge is 0.396 e. The second-order valence-corrected chi connectivity index (χ2v) is 4.99. The second kappa shape index (κ2) is 3.95. The van der Waals surface area contributed by atoms with Crippen LogP contribution in [0.1, 0.15) is 36.0 Å². The fraction of sp³-hybridized carbons (Fsp3) is 0.538. The number of hydrogen-bond donors (Lipinski definition) is 2. The summed E-state index contributed by atoms with van der Waals surface area (Å²) >= 11 is 0. The summed E-state index contributed by atoms with van der Waals surface area (Å²) in [5, 5.41) is 9.19. The predicted molar refractivity (Wildman–Crippen MR) is 70.5 cm³/mol. The molecule has 2 aromatic rings. The molecule has 0 bridgehead atoms. The van der Waals surface area contributed by atoms with Gasteiger partial charge in [0.05, 0.1) is 5.52 Å². The van der Waals surface area contributed by atoms with Crippen molar-refractivity contribution in [3.8, 4) is 0 Å². The Morgan fingerprint density at radius 2 is 2.17 bits per heavy atom. The first-order valence-corrected chi connectivity index (χ1v) is 6.37. The van der Waals surface area contributed by atoms with Gasteiger partial charge in [-0.2, -0.15) is 0 Å². The SMILES string of the molecule is Cc1nc(N)c2nc(C)n3c2c1CCC3CCO. The van der Waals surface area contributed by atoms with Gasteiger partial charge in [0, 0.05) is 18.3 Å². The van der Waals surface area contributed by atoms with Crippen molar-refractivity contribution in [3.05, 3.63) is 17.1 Å². The van der Waals surface area contributed by atoms with Crippen molar-refractivity contribution >= 4 is 16.9 Å². The van der Waals surface area contributed by atoms with Crippen LogP contribution in [0, 0.1) is 13.8 Å². The van der Waals surface area contributed by atoms with Gasteiger partial charge in [-0.15, -0.1) is 0 Å². The van der Waals surface area contributed by atoms with Crippen molar-refractivity contribution in [1.29, 1.82) is 0 Å². The molecule has 0 aliphatic carbocycles. The molecule has 1 aliphatic rings. The number of nitrogen functional groups attached to an aromatic ring is 1. The van der Waals surface area contributed by atoms with E-state index in [1.807, 2.05) is 13.8 Å². The van der Waals surface area contributed by atoms with Gasteiger partial charge in [-0.05, 0) is 38.7 Å². The lowest BCUT2D eigenvalue weighted by molar-refractivity contribution is 0.250. The van der Waals surface area contributed by atoms with Gasteiger partial charge in [0.15, 0.2) is 5.82 Å². The Kier molecular flexibility index (Phi) is 2.52. The average Bonchev–Trinajstić information content (AvgIpc) is 2.67. The van der Waals surface area contributed by atoms with Crippen molar-refractivity contribution in [1.82, 2.24) is 14.5 Å². The smallest absolute Gasteiger partial charge is 0.151 e. The van der Waals surface area contributed by atoms with Crippen LogP contribution in [0.5, 0.6) is 0 Å². The van der Waals surface area contributed by atoms with Gasteiger partial charge < -0.3 is 15.4 Å². The quantitative estimate of drug-likeness (QED) is 0.841. The lowest BCUT2D eigenvalue weighted by Crippen LogP contribution is -2.19. The van der Waals surface area contributed by atoms with Crippen LogP contribution in [0.3, 0.4) is 0 Å². The molecular formula is C13H18N4O. The number of aliphatic hydroxyl groups excluding tert-OH is 1. The third-order valence-electron chi connectivity index (χ3n) is 3.90. The minimum atomic E-state index is 0.207. The van der Waals surface area contributed by atoms with Gasteiger partial charge in [0.1, 0.15) is 11.3 Å². The van der Waals surface area contributed by atoms with Crippen LogP contribution in [0.2, 0.25) is 0 Å². The Bertz CT molecular complexity index is 617. The van der Waals surface area contributed by atoms with Crippen LogP contribution < -0.4 is 5.73 Å². The van der Waals surface area contributed by atoms with E-state index in [1.165, 1.54) is 5.56 Å². The maximum Gasteiger partial charge on any atom is 0.151 e. The molecule has 3 heterocycles. The summed E-state index contributed by atoms with van der Waals surface area (Å²) in [7, 11) is 0. The Balaban J connectivity index is 2.33. The number of imidazole rings is 1. The standard InChI is InChI=1S/C13H18N4O/c1-7-10-4-3-9(5-6-18)17-8(2)16-11(12(10)17)13(14)15-7/h9,18H,3-6H2,1-2H3,(H2,14,15). The van der Waals surface area contributed by atoms with Crippen molar-refractivity contribution in [2.75, 3.05) is 12.3 Å². The zero-order chi connectivity index (χ0) is 12.9. The molecule has 3 rings (SSSR count). The van der Waals surface area contributed by atoms with Gasteiger partial charge >= 0.3 is 0 Å². The van der Waals surface area contributed by atoms with Crippen molar-refractivity contribution in [2.45, 2.75) is 39.2 Å². The Hall–Kier alpha value is -1.62. The topological polar surface area (TPSA) is 77.0 Å². The molecular weight excluding hydrogens is 228 g/mol. The Morgan fingerprint density at radius 3 is 2.89 bits per heavy atom. The monoisotopic (exact) mass is 246 g/mol. The molecule has 96 valence electrons. The predicted octanol–water partition coefficient (Wildman–Crippen LogP) is 1.50. The highest BCUT2D eigenvalue weighted by atomic mass is 16.3. The summed E-state index contributed by atoms with van der Waals surface area (Å²) in [6.45, 7) is 4.21. The summed E-state index contributed by atoms with van der Waals surface area (Å²) in [5.41, 5.74) is 10.2. The molecule has 1 atom stereocenters. The first-order chi connectivity index (χ1) is 8.63. The Morgan fingerprint density at radius 1 is 1.39 bits per heavy atom. The minimum Gasteiger partial charge on any atom is -0.396 e. The molecule has 5 heteroatoms. The maximum absolute atomic E-state index is 9.19. The van der Waals surface area contributed by atoms with Gasteiger partial charge in [0.2, 0.25) is 0 Å². The van der Waals surface area contributed by atoms with E-state index >= 15 is 0 Å². The molecule has 1 aliphatic heterocycles. The lowest BCUT2D eigenvalue weighted by Gasteiger charge is -2.26. The summed E-state index contributed by atoms with van der Waals surface area (Å²) in [4.78, 5) is 8.94. The molecule has 2 aromatic heterocycles. The zero-order valence-corrected chi connectivity index (χ0v) is 10.8. The molecule has 3 N–H and O–H groups in total. The second-order valence-electron chi connectivity index (χ2n) is 4.99. The van der Waals surface area contributed by atoms with Crippen LogP contribution in [0.25, 0.3) is 11.0 Å². The zero-order valence-electron chi connectivity index (χ0n) is 10.8. The summed E-state index contributed by atoms with van der Waals surface area (Å²) < 4.78 is 2.23. The minimum absolute atomic E-state index is 0.207. The average molecular weight is 246 g/mol. The highest BCUT2D eigenvalue weighted by Gasteiger charge is 2.26. The van der Waals surface area contributed by atoms with Crippen LogP contribution in [-0.4, -0.2) is 26.2 Å². The third-order valence-corrected chi connectivity index (χ3v) is 3.90. The Labute approximate surface area is 106 Å². The number of hydrogen-bond acceptors (Lipinski definition) is 4. The van der Waals surface area contributed by atoms with Gasteiger partial charge in [-0.25, -0.2) is 9.97 Å². The number of aryl methyl sites for hydroxylation is 3. The van der Waals surface area contributed by atoms with E-state index in [4.69, 9.17) is 5.73 Å². The first kappa shape index (κ1) is 11.5. The van der Waals surface area contributed by atoms with Gasteiger partial charge in [0.25, 0.3) is 0 Å². The van der Waals surface area contributed by atoms with Gasteiger partial charge in [-0.3, -0.25) is 0 Å². The molecule has 0 aromatic carbocycles. The van der Waals surface area contributed by atoms with E-state index in [2.05, 4.69) is 14.5 Å². The molecule has 0 amide bonds. The number of rotatable bonds is 2. The number of anilines is 1. The van der Waals surface area contributed by atoms with E-state index in [1.54, 1.807) is 0 Å². The first-order valence-electron chi connectivity index (χ1n) is 6.37. The van der Waals surface area contributed by atoms with Crippen LogP contribution in [-0.2, 0) is 6.42 Å². The fourth-order valence-corrected chi connectivity index (χ4v) is 3.09. The van der Waals surface area contributed by atoms with Crippen LogP contribution in [0.4, 0.5) is 5.82 Å². The molecule has 0 saturated carbocycles. The van der Waals surface area contributed by atoms with E-state index in [9.17, 15) is 5.11 Å². The molecule has 18 heavy (non-hydrogen) atoms. The van der Waals surface area contributed by atoms with Crippen molar-refractivity contribution in [2.24, 2.45) is 0 Å². The summed E-state index contributed by atoms with van der Waals surface area (Å²) in [5.74, 6) is 1.47. The van der Waals surface area contributed by atoms with E-state index in [0.717, 1.165) is 41.8 Å². The maximum atomic E-state index is 9.19. The number of aliphatic hydroxyl groups is 1. The highest BCUT2D eigenvalue weighted by Crippen LogP contribution is 2.36. The van der Waals surface area contributed by atoms with Crippen LogP contribution >= 0.6 is 0 Å². The summed E-state index contributed by atoms with van der Waals surface area (Å²) in [6.07, 6.45) is 2.80.